The van der Waals surface area contributed by atoms with E-state index in [4.69, 9.17) is 10.5 Å². The van der Waals surface area contributed by atoms with Gasteiger partial charge in [0.25, 0.3) is 0 Å². The van der Waals surface area contributed by atoms with Crippen LogP contribution in [0.3, 0.4) is 0 Å². The van der Waals surface area contributed by atoms with Crippen LogP contribution in [-0.4, -0.2) is 41.6 Å². The molecule has 0 aromatic heterocycles. The quantitative estimate of drug-likeness (QED) is 0.0325. The van der Waals surface area contributed by atoms with Gasteiger partial charge in [0.05, 0.1) is 0 Å². The summed E-state index contributed by atoms with van der Waals surface area (Å²) >= 11 is 0. The Hall–Kier alpha value is -3.45. The Kier molecular flexibility index (Phi) is 40.1. The number of hydrogen-bond acceptors (Lipinski definition) is 5. The molecule has 0 saturated heterocycles. The second kappa shape index (κ2) is 42.7. The second-order valence-corrected chi connectivity index (χ2v) is 14.7. The van der Waals surface area contributed by atoms with E-state index in [0.717, 1.165) is 103 Å². The number of allylic oxidation sites excluding steroid dienone is 13. The van der Waals surface area contributed by atoms with Crippen molar-refractivity contribution in [2.24, 2.45) is 5.73 Å². The van der Waals surface area contributed by atoms with Crippen molar-refractivity contribution in [2.75, 3.05) is 6.54 Å². The number of ether oxygens (including phenoxy) is 1. The first kappa shape index (κ1) is 52.6. The van der Waals surface area contributed by atoms with Crippen molar-refractivity contribution in [1.82, 2.24) is 5.32 Å². The van der Waals surface area contributed by atoms with Crippen LogP contribution in [0.1, 0.15) is 187 Å². The number of aliphatic carboxylic acids is 1. The smallest absolute Gasteiger partial charge is 0.326 e. The third kappa shape index (κ3) is 38.8. The van der Waals surface area contributed by atoms with Gasteiger partial charge in [-0.1, -0.05) is 157 Å². The van der Waals surface area contributed by atoms with Gasteiger partial charge in [0.1, 0.15) is 12.1 Å². The number of rotatable bonds is 39. The van der Waals surface area contributed by atoms with Gasteiger partial charge in [-0.3, -0.25) is 9.59 Å². The largest absolute Gasteiger partial charge is 0.480 e. The fourth-order valence-electron chi connectivity index (χ4n) is 6.14. The highest BCUT2D eigenvalue weighted by Crippen LogP contribution is 2.16. The normalized spacial score (nSPS) is 13.5. The lowest BCUT2D eigenvalue weighted by atomic mass is 10.0. The van der Waals surface area contributed by atoms with E-state index in [9.17, 15) is 19.5 Å². The summed E-state index contributed by atoms with van der Waals surface area (Å²) in [7, 11) is 0. The first-order valence-corrected chi connectivity index (χ1v) is 22.4. The molecule has 0 radical (unpaired) electrons. The van der Waals surface area contributed by atoms with Crippen LogP contribution in [-0.2, 0) is 19.1 Å². The molecular weight excluding hydrogens is 697 g/mol. The molecule has 0 spiro atoms. The van der Waals surface area contributed by atoms with E-state index in [2.05, 4.69) is 104 Å². The Labute approximate surface area is 343 Å². The van der Waals surface area contributed by atoms with E-state index in [0.29, 0.717) is 32.2 Å². The molecule has 2 unspecified atom stereocenters. The minimum absolute atomic E-state index is 0.0952. The van der Waals surface area contributed by atoms with Crippen LogP contribution in [0.5, 0.6) is 0 Å². The predicted octanol–water partition coefficient (Wildman–Crippen LogP) is 12.9. The number of carboxylic acids is 1. The van der Waals surface area contributed by atoms with E-state index >= 15 is 0 Å². The third-order valence-corrected chi connectivity index (χ3v) is 9.44. The molecule has 7 heteroatoms. The molecule has 0 aliphatic rings. The standard InChI is InChI=1S/C49H82N2O5/c1-3-5-7-9-11-13-14-15-16-17-18-19-20-21-22-23-24-25-27-33-37-43-48(53)56-45(39-34-30-26-12-10-8-6-4-2)40-35-31-28-29-32-36-42-47(52)51-46(49(54)55)41-38-44-50/h5-8,11-13,15-16,18-19,26,34,39,45-46H,3-4,9-10,14,17,20-25,27-33,35-38,40-44,50H2,1-2H3,(H,51,52)(H,54,55)/b7-5-,8-6-,13-11-,16-15-,19-18-,26-12-,39-34-. The number of nitrogens with one attached hydrogen (secondary N) is 1. The van der Waals surface area contributed by atoms with Crippen molar-refractivity contribution in [1.29, 1.82) is 0 Å². The summed E-state index contributed by atoms with van der Waals surface area (Å²) in [6.45, 7) is 4.70. The van der Waals surface area contributed by atoms with E-state index in [1.165, 1.54) is 44.9 Å². The molecule has 0 aromatic rings. The maximum atomic E-state index is 12.7. The molecule has 56 heavy (non-hydrogen) atoms. The van der Waals surface area contributed by atoms with E-state index < -0.39 is 12.0 Å². The Balaban J connectivity index is 4.23. The predicted molar refractivity (Wildman–Crippen MR) is 238 cm³/mol. The fraction of sp³-hybridized carbons (Fsp3) is 0.653. The van der Waals surface area contributed by atoms with Gasteiger partial charge in [0.15, 0.2) is 0 Å². The molecule has 0 saturated carbocycles. The summed E-state index contributed by atoms with van der Waals surface area (Å²) < 4.78 is 5.93. The van der Waals surface area contributed by atoms with Crippen molar-refractivity contribution in [3.8, 4) is 0 Å². The van der Waals surface area contributed by atoms with Gasteiger partial charge >= 0.3 is 11.9 Å². The average molecular weight is 779 g/mol. The number of hydrogen-bond donors (Lipinski definition) is 3. The zero-order valence-electron chi connectivity index (χ0n) is 35.7. The van der Waals surface area contributed by atoms with E-state index in [1.54, 1.807) is 0 Å². The highest BCUT2D eigenvalue weighted by molar-refractivity contribution is 5.83. The van der Waals surface area contributed by atoms with Gasteiger partial charge in [-0.15, -0.1) is 0 Å². The minimum Gasteiger partial charge on any atom is -0.480 e. The molecule has 0 bridgehead atoms. The number of carbonyl (C=O) groups excluding carboxylic acids is 2. The lowest BCUT2D eigenvalue weighted by molar-refractivity contribution is -0.147. The Morgan fingerprint density at radius 2 is 0.982 bits per heavy atom. The van der Waals surface area contributed by atoms with Crippen LogP contribution in [0.25, 0.3) is 0 Å². The highest BCUT2D eigenvalue weighted by atomic mass is 16.5. The van der Waals surface area contributed by atoms with Crippen LogP contribution in [0.15, 0.2) is 85.1 Å². The molecule has 1 amide bonds. The SMILES string of the molecule is CC/C=C\C/C=C\C/C=C\C/C=C\CCCCCCCCCCC(=O)OC(/C=C\C/C=C\C/C=C\CC)CCCCCCCCC(=O)NC(CCCN)C(=O)O. The number of carbonyl (C=O) groups is 3. The number of nitrogens with two attached hydrogens (primary N) is 1. The maximum Gasteiger partial charge on any atom is 0.326 e. The summed E-state index contributed by atoms with van der Waals surface area (Å²) in [5.41, 5.74) is 5.47. The van der Waals surface area contributed by atoms with Gasteiger partial charge in [0.2, 0.25) is 5.91 Å². The van der Waals surface area contributed by atoms with Gasteiger partial charge in [0, 0.05) is 12.8 Å². The summed E-state index contributed by atoms with van der Waals surface area (Å²) in [4.78, 5) is 36.3. The van der Waals surface area contributed by atoms with Gasteiger partial charge < -0.3 is 20.9 Å². The molecule has 0 aliphatic heterocycles. The average Bonchev–Trinajstić information content (AvgIpc) is 3.18. The monoisotopic (exact) mass is 779 g/mol. The van der Waals surface area contributed by atoms with E-state index in [1.807, 2.05) is 0 Å². The molecule has 0 rings (SSSR count). The van der Waals surface area contributed by atoms with Crippen LogP contribution >= 0.6 is 0 Å². The van der Waals surface area contributed by atoms with Crippen molar-refractivity contribution < 1.29 is 24.2 Å². The Morgan fingerprint density at radius 1 is 0.536 bits per heavy atom. The fourth-order valence-corrected chi connectivity index (χ4v) is 6.14. The molecule has 0 fully saturated rings. The van der Waals surface area contributed by atoms with Crippen molar-refractivity contribution in [2.45, 2.75) is 199 Å². The Morgan fingerprint density at radius 3 is 1.50 bits per heavy atom. The highest BCUT2D eigenvalue weighted by Gasteiger charge is 2.18. The van der Waals surface area contributed by atoms with Gasteiger partial charge in [-0.2, -0.15) is 0 Å². The number of esters is 1. The topological polar surface area (TPSA) is 119 Å². The first-order chi connectivity index (χ1) is 27.4. The number of unbranched alkanes of at least 4 members (excludes halogenated alkanes) is 13. The zero-order valence-corrected chi connectivity index (χ0v) is 35.7. The molecular formula is C49H82N2O5. The van der Waals surface area contributed by atoms with Gasteiger partial charge in [-0.05, 0) is 109 Å². The maximum absolute atomic E-state index is 12.7. The lowest BCUT2D eigenvalue weighted by Crippen LogP contribution is -2.40. The minimum atomic E-state index is -1.01. The van der Waals surface area contributed by atoms with Crippen molar-refractivity contribution >= 4 is 17.8 Å². The molecule has 7 nitrogen and oxygen atoms in total. The molecule has 4 N–H and O–H groups in total. The van der Waals surface area contributed by atoms with Crippen LogP contribution in [0, 0.1) is 0 Å². The third-order valence-electron chi connectivity index (χ3n) is 9.44. The van der Waals surface area contributed by atoms with Crippen molar-refractivity contribution in [3.63, 3.8) is 0 Å². The lowest BCUT2D eigenvalue weighted by Gasteiger charge is -2.15. The molecule has 0 aromatic carbocycles. The van der Waals surface area contributed by atoms with Crippen LogP contribution < -0.4 is 11.1 Å². The zero-order chi connectivity index (χ0) is 41.0. The molecule has 0 aliphatic carbocycles. The van der Waals surface area contributed by atoms with Gasteiger partial charge in [-0.25, -0.2) is 4.79 Å². The summed E-state index contributed by atoms with van der Waals surface area (Å²) in [6, 6.07) is -0.862. The number of amides is 1. The van der Waals surface area contributed by atoms with Crippen LogP contribution in [0.2, 0.25) is 0 Å². The summed E-state index contributed by atoms with van der Waals surface area (Å²) in [5, 5.41) is 11.9. The molecule has 0 heterocycles. The van der Waals surface area contributed by atoms with E-state index in [-0.39, 0.29) is 18.0 Å². The van der Waals surface area contributed by atoms with Crippen LogP contribution in [0.4, 0.5) is 0 Å². The van der Waals surface area contributed by atoms with Crippen molar-refractivity contribution in [3.05, 3.63) is 85.1 Å². The summed E-state index contributed by atoms with van der Waals surface area (Å²) in [5.74, 6) is -1.32. The second-order valence-electron chi connectivity index (χ2n) is 14.7. The molecule has 2 atom stereocenters. The first-order valence-electron chi connectivity index (χ1n) is 22.4. The Bertz CT molecular complexity index is 1150. The summed E-state index contributed by atoms with van der Waals surface area (Å²) in [6.07, 6.45) is 56.6. The number of carboxylic acid groups (broad SMARTS) is 1. The molecule has 318 valence electrons.